The van der Waals surface area contributed by atoms with E-state index in [9.17, 15) is 4.39 Å². The van der Waals surface area contributed by atoms with Crippen molar-refractivity contribution in [2.24, 2.45) is 5.41 Å². The highest BCUT2D eigenvalue weighted by atomic mass is 19.1. The van der Waals surface area contributed by atoms with Gasteiger partial charge in [-0.25, -0.2) is 4.39 Å². The molecule has 0 radical (unpaired) electrons. The highest BCUT2D eigenvalue weighted by Crippen LogP contribution is 2.34. The van der Waals surface area contributed by atoms with E-state index in [4.69, 9.17) is 14.2 Å². The van der Waals surface area contributed by atoms with Crippen molar-refractivity contribution in [2.75, 3.05) is 47.1 Å². The molecule has 1 aliphatic rings. The zero-order valence-corrected chi connectivity index (χ0v) is 12.8. The molecule has 4 nitrogen and oxygen atoms in total. The molecule has 0 amide bonds. The molecule has 1 fully saturated rings. The van der Waals surface area contributed by atoms with E-state index in [1.807, 2.05) is 12.1 Å². The van der Waals surface area contributed by atoms with Gasteiger partial charge in [-0.1, -0.05) is 12.1 Å². The van der Waals surface area contributed by atoms with E-state index in [0.29, 0.717) is 30.9 Å². The maximum atomic E-state index is 14.3. The van der Waals surface area contributed by atoms with Gasteiger partial charge in [-0.3, -0.25) is 0 Å². The lowest BCUT2D eigenvalue weighted by Crippen LogP contribution is -2.38. The van der Waals surface area contributed by atoms with Crippen molar-refractivity contribution in [2.45, 2.75) is 12.8 Å². The van der Waals surface area contributed by atoms with Gasteiger partial charge in [0.15, 0.2) is 11.6 Å². The van der Waals surface area contributed by atoms with Gasteiger partial charge in [-0.2, -0.15) is 0 Å². The lowest BCUT2D eigenvalue weighted by molar-refractivity contribution is 0.144. The van der Waals surface area contributed by atoms with Gasteiger partial charge in [0.2, 0.25) is 0 Å². The summed E-state index contributed by atoms with van der Waals surface area (Å²) in [4.78, 5) is 0. The molecule has 1 heterocycles. The molecule has 0 aromatic heterocycles. The van der Waals surface area contributed by atoms with Crippen LogP contribution in [0.5, 0.6) is 5.75 Å². The molecule has 1 saturated heterocycles. The number of nitrogens with one attached hydrogen (secondary N) is 1. The van der Waals surface area contributed by atoms with Crippen molar-refractivity contribution in [1.82, 2.24) is 5.32 Å². The Morgan fingerprint density at radius 2 is 2.24 bits per heavy atom. The summed E-state index contributed by atoms with van der Waals surface area (Å²) < 4.78 is 30.0. The molecule has 0 aliphatic carbocycles. The monoisotopic (exact) mass is 297 g/mol. The van der Waals surface area contributed by atoms with Crippen LogP contribution >= 0.6 is 0 Å². The van der Waals surface area contributed by atoms with Crippen molar-refractivity contribution >= 4 is 0 Å². The summed E-state index contributed by atoms with van der Waals surface area (Å²) in [6.07, 6.45) is 1.58. The molecule has 0 saturated carbocycles. The summed E-state index contributed by atoms with van der Waals surface area (Å²) in [6.45, 7) is 3.65. The quantitative estimate of drug-likeness (QED) is 0.745. The first-order valence-corrected chi connectivity index (χ1v) is 7.29. The Kier molecular flexibility index (Phi) is 5.96. The van der Waals surface area contributed by atoms with E-state index in [1.54, 1.807) is 13.2 Å². The van der Waals surface area contributed by atoms with Crippen LogP contribution in [0.1, 0.15) is 12.0 Å². The highest BCUT2D eigenvalue weighted by Gasteiger charge is 2.35. The Hall–Kier alpha value is -1.17. The van der Waals surface area contributed by atoms with Gasteiger partial charge in [0.05, 0.1) is 20.3 Å². The molecule has 1 aromatic carbocycles. The second-order valence-corrected chi connectivity index (χ2v) is 5.58. The van der Waals surface area contributed by atoms with E-state index in [1.165, 1.54) is 7.11 Å². The zero-order chi connectivity index (χ0) is 15.1. The average molecular weight is 297 g/mol. The van der Waals surface area contributed by atoms with Crippen LogP contribution in [-0.2, 0) is 15.9 Å². The number of rotatable bonds is 8. The summed E-state index contributed by atoms with van der Waals surface area (Å²) >= 11 is 0. The Labute approximate surface area is 125 Å². The number of hydrogen-bond donors (Lipinski definition) is 1. The fourth-order valence-electron chi connectivity index (χ4n) is 2.77. The minimum absolute atomic E-state index is 0.0546. The largest absolute Gasteiger partial charge is 0.494 e. The van der Waals surface area contributed by atoms with Gasteiger partial charge in [-0.15, -0.1) is 0 Å². The second kappa shape index (κ2) is 7.73. The van der Waals surface area contributed by atoms with Crippen LogP contribution in [0.4, 0.5) is 4.39 Å². The highest BCUT2D eigenvalue weighted by molar-refractivity contribution is 5.32. The molecular weight excluding hydrogens is 273 g/mol. The molecule has 2 rings (SSSR count). The zero-order valence-electron chi connectivity index (χ0n) is 12.8. The van der Waals surface area contributed by atoms with E-state index in [2.05, 4.69) is 5.32 Å². The number of ether oxygens (including phenoxy) is 3. The smallest absolute Gasteiger partial charge is 0.168 e. The molecule has 1 aliphatic heterocycles. The predicted octanol–water partition coefficient (Wildman–Crippen LogP) is 2.02. The summed E-state index contributed by atoms with van der Waals surface area (Å²) in [5.74, 6) is 0.0390. The SMILES string of the molecule is COCCNCC1(Cc2cccc(OC)c2F)CCOC1. The Balaban J connectivity index is 2.05. The fraction of sp³-hybridized carbons (Fsp3) is 0.625. The first kappa shape index (κ1) is 16.2. The topological polar surface area (TPSA) is 39.7 Å². The number of halogens is 1. The molecule has 118 valence electrons. The van der Waals surface area contributed by atoms with Gasteiger partial charge in [0, 0.05) is 32.2 Å². The van der Waals surface area contributed by atoms with Crippen LogP contribution < -0.4 is 10.1 Å². The molecule has 1 N–H and O–H groups in total. The molecule has 1 atom stereocenters. The molecular formula is C16H24FNO3. The summed E-state index contributed by atoms with van der Waals surface area (Å²) in [5, 5.41) is 3.38. The molecule has 1 unspecified atom stereocenters. The average Bonchev–Trinajstić information content (AvgIpc) is 2.95. The van der Waals surface area contributed by atoms with Crippen molar-refractivity contribution in [3.63, 3.8) is 0 Å². The third kappa shape index (κ3) is 4.15. The van der Waals surface area contributed by atoms with Gasteiger partial charge in [0.1, 0.15) is 0 Å². The van der Waals surface area contributed by atoms with Crippen LogP contribution in [0.2, 0.25) is 0 Å². The minimum atomic E-state index is -0.261. The van der Waals surface area contributed by atoms with E-state index in [0.717, 1.165) is 26.1 Å². The van der Waals surface area contributed by atoms with Crippen molar-refractivity contribution < 1.29 is 18.6 Å². The van der Waals surface area contributed by atoms with Gasteiger partial charge in [0.25, 0.3) is 0 Å². The summed E-state index contributed by atoms with van der Waals surface area (Å²) in [7, 11) is 3.17. The summed E-state index contributed by atoms with van der Waals surface area (Å²) in [5.41, 5.74) is 0.634. The van der Waals surface area contributed by atoms with Gasteiger partial charge in [-0.05, 0) is 24.5 Å². The number of benzene rings is 1. The number of hydrogen-bond acceptors (Lipinski definition) is 4. The Morgan fingerprint density at radius 3 is 2.90 bits per heavy atom. The first-order valence-electron chi connectivity index (χ1n) is 7.29. The maximum Gasteiger partial charge on any atom is 0.168 e. The van der Waals surface area contributed by atoms with Crippen LogP contribution in [0.15, 0.2) is 18.2 Å². The fourth-order valence-corrected chi connectivity index (χ4v) is 2.77. The Bertz CT molecular complexity index is 447. The molecule has 0 spiro atoms. The van der Waals surface area contributed by atoms with Gasteiger partial charge < -0.3 is 19.5 Å². The van der Waals surface area contributed by atoms with Crippen LogP contribution in [-0.4, -0.2) is 47.1 Å². The van der Waals surface area contributed by atoms with E-state index < -0.39 is 0 Å². The maximum absolute atomic E-state index is 14.3. The number of methoxy groups -OCH3 is 2. The second-order valence-electron chi connectivity index (χ2n) is 5.58. The van der Waals surface area contributed by atoms with E-state index >= 15 is 0 Å². The first-order chi connectivity index (χ1) is 10.2. The minimum Gasteiger partial charge on any atom is -0.494 e. The Morgan fingerprint density at radius 1 is 1.38 bits per heavy atom. The molecule has 5 heteroatoms. The lowest BCUT2D eigenvalue weighted by atomic mass is 9.80. The normalized spacial score (nSPS) is 21.7. The van der Waals surface area contributed by atoms with Crippen LogP contribution in [0.3, 0.4) is 0 Å². The van der Waals surface area contributed by atoms with Crippen LogP contribution in [0.25, 0.3) is 0 Å². The lowest BCUT2D eigenvalue weighted by Gasteiger charge is -2.28. The molecule has 1 aromatic rings. The van der Waals surface area contributed by atoms with Crippen molar-refractivity contribution in [3.8, 4) is 5.75 Å². The van der Waals surface area contributed by atoms with Crippen molar-refractivity contribution in [3.05, 3.63) is 29.6 Å². The third-order valence-corrected chi connectivity index (χ3v) is 4.00. The van der Waals surface area contributed by atoms with Crippen LogP contribution in [0, 0.1) is 11.2 Å². The van der Waals surface area contributed by atoms with E-state index in [-0.39, 0.29) is 11.2 Å². The predicted molar refractivity (Wildman–Crippen MR) is 79.3 cm³/mol. The molecule has 21 heavy (non-hydrogen) atoms. The summed E-state index contributed by atoms with van der Waals surface area (Å²) in [6, 6.07) is 5.31. The van der Waals surface area contributed by atoms with Gasteiger partial charge >= 0.3 is 0 Å². The molecule has 0 bridgehead atoms. The standard InChI is InChI=1S/C16H24FNO3/c1-19-9-7-18-11-16(6-8-21-12-16)10-13-4-3-5-14(20-2)15(13)17/h3-5,18H,6-12H2,1-2H3. The van der Waals surface area contributed by atoms with Crippen molar-refractivity contribution in [1.29, 1.82) is 0 Å². The third-order valence-electron chi connectivity index (χ3n) is 4.00.